The van der Waals surface area contributed by atoms with Crippen molar-refractivity contribution >= 4 is 0 Å². The van der Waals surface area contributed by atoms with Crippen LogP contribution in [-0.4, -0.2) is 28.3 Å². The van der Waals surface area contributed by atoms with E-state index in [9.17, 15) is 0 Å². The molecule has 0 fully saturated rings. The van der Waals surface area contributed by atoms with Crippen LogP contribution < -0.4 is 10.1 Å². The van der Waals surface area contributed by atoms with Crippen LogP contribution in [-0.2, 0) is 13.0 Å². The molecule has 0 aliphatic heterocycles. The van der Waals surface area contributed by atoms with E-state index in [4.69, 9.17) is 9.26 Å². The number of rotatable bonds is 7. The van der Waals surface area contributed by atoms with Crippen LogP contribution in [0.15, 0.2) is 22.9 Å². The van der Waals surface area contributed by atoms with E-state index in [1.807, 2.05) is 12.1 Å². The summed E-state index contributed by atoms with van der Waals surface area (Å²) in [5.74, 6) is 1.87. The van der Waals surface area contributed by atoms with Gasteiger partial charge in [0.05, 0.1) is 13.7 Å². The molecule has 0 radical (unpaired) electrons. The fraction of sp³-hybridized carbons (Fsp3) is 0.500. The molecule has 0 bridgehead atoms. The van der Waals surface area contributed by atoms with Crippen LogP contribution in [0.25, 0.3) is 0 Å². The minimum absolute atomic E-state index is 0.441. The first-order valence-electron chi connectivity index (χ1n) is 6.75. The Bertz CT molecular complexity index is 524. The average molecular weight is 276 g/mol. The molecule has 0 amide bonds. The summed E-state index contributed by atoms with van der Waals surface area (Å²) in [5, 5.41) is 7.29. The second kappa shape index (κ2) is 7.00. The summed E-state index contributed by atoms with van der Waals surface area (Å²) in [4.78, 5) is 8.51. The van der Waals surface area contributed by atoms with Crippen molar-refractivity contribution in [1.29, 1.82) is 0 Å². The Morgan fingerprint density at radius 3 is 2.90 bits per heavy atom. The molecule has 20 heavy (non-hydrogen) atoms. The third-order valence-corrected chi connectivity index (χ3v) is 3.09. The van der Waals surface area contributed by atoms with Crippen molar-refractivity contribution in [3.05, 3.63) is 35.6 Å². The third kappa shape index (κ3) is 4.03. The van der Waals surface area contributed by atoms with Gasteiger partial charge in [-0.25, -0.2) is 4.98 Å². The van der Waals surface area contributed by atoms with Crippen LogP contribution in [0, 0.1) is 0 Å². The van der Waals surface area contributed by atoms with Gasteiger partial charge in [0, 0.05) is 24.7 Å². The van der Waals surface area contributed by atoms with Crippen molar-refractivity contribution in [2.75, 3.05) is 7.11 Å². The lowest BCUT2D eigenvalue weighted by Gasteiger charge is -2.07. The molecule has 1 atom stereocenters. The Balaban J connectivity index is 1.91. The highest BCUT2D eigenvalue weighted by Crippen LogP contribution is 2.10. The Hall–Kier alpha value is -1.95. The number of methoxy groups -OCH3 is 1. The molecule has 0 aromatic carbocycles. The molecule has 2 aromatic rings. The van der Waals surface area contributed by atoms with Gasteiger partial charge in [0.15, 0.2) is 5.82 Å². The summed E-state index contributed by atoms with van der Waals surface area (Å²) in [6.07, 6.45) is 3.43. The standard InChI is InChI=1S/C14H20N4O2/c1-4-10(2)15-9-14-17-12(18-20-14)7-11-5-6-13(19-3)16-8-11/h5-6,8,10,15H,4,7,9H2,1-3H3. The van der Waals surface area contributed by atoms with Crippen molar-refractivity contribution in [1.82, 2.24) is 20.4 Å². The Labute approximate surface area is 118 Å². The van der Waals surface area contributed by atoms with Crippen LogP contribution in [0.1, 0.15) is 37.5 Å². The first kappa shape index (κ1) is 14.5. The van der Waals surface area contributed by atoms with Crippen molar-refractivity contribution in [2.24, 2.45) is 0 Å². The SMILES string of the molecule is CCC(C)NCc1nc(Cc2ccc(OC)nc2)no1. The van der Waals surface area contributed by atoms with Crippen molar-refractivity contribution < 1.29 is 9.26 Å². The van der Waals surface area contributed by atoms with E-state index >= 15 is 0 Å². The molecular weight excluding hydrogens is 256 g/mol. The molecule has 1 unspecified atom stereocenters. The molecule has 6 heteroatoms. The maximum absolute atomic E-state index is 5.21. The minimum atomic E-state index is 0.441. The summed E-state index contributed by atoms with van der Waals surface area (Å²) >= 11 is 0. The van der Waals surface area contributed by atoms with Gasteiger partial charge in [-0.1, -0.05) is 18.1 Å². The zero-order valence-electron chi connectivity index (χ0n) is 12.1. The molecule has 0 aliphatic rings. The molecule has 2 rings (SSSR count). The van der Waals surface area contributed by atoms with Crippen molar-refractivity contribution in [2.45, 2.75) is 39.3 Å². The maximum Gasteiger partial charge on any atom is 0.240 e. The van der Waals surface area contributed by atoms with E-state index in [2.05, 4.69) is 34.3 Å². The Kier molecular flexibility index (Phi) is 5.06. The van der Waals surface area contributed by atoms with Crippen LogP contribution >= 0.6 is 0 Å². The van der Waals surface area contributed by atoms with Crippen molar-refractivity contribution in [3.8, 4) is 5.88 Å². The largest absolute Gasteiger partial charge is 0.481 e. The first-order chi connectivity index (χ1) is 9.71. The second-order valence-electron chi connectivity index (χ2n) is 4.68. The average Bonchev–Trinajstić information content (AvgIpc) is 2.93. The molecule has 2 aromatic heterocycles. The number of nitrogens with zero attached hydrogens (tertiary/aromatic N) is 3. The number of aromatic nitrogens is 3. The summed E-state index contributed by atoms with van der Waals surface area (Å²) < 4.78 is 10.2. The fourth-order valence-electron chi connectivity index (χ4n) is 1.66. The molecule has 0 saturated carbocycles. The molecular formula is C14H20N4O2. The topological polar surface area (TPSA) is 73.1 Å². The van der Waals surface area contributed by atoms with Gasteiger partial charge < -0.3 is 14.6 Å². The molecule has 0 saturated heterocycles. The van der Waals surface area contributed by atoms with Crippen LogP contribution in [0.5, 0.6) is 5.88 Å². The molecule has 6 nitrogen and oxygen atoms in total. The highest BCUT2D eigenvalue weighted by Gasteiger charge is 2.08. The normalized spacial score (nSPS) is 12.3. The summed E-state index contributed by atoms with van der Waals surface area (Å²) in [6, 6.07) is 4.20. The molecule has 2 heterocycles. The predicted molar refractivity (Wildman–Crippen MR) is 74.5 cm³/mol. The zero-order chi connectivity index (χ0) is 14.4. The highest BCUT2D eigenvalue weighted by molar-refractivity contribution is 5.20. The zero-order valence-corrected chi connectivity index (χ0v) is 12.1. The van der Waals surface area contributed by atoms with Gasteiger partial charge in [-0.3, -0.25) is 0 Å². The van der Waals surface area contributed by atoms with E-state index in [-0.39, 0.29) is 0 Å². The van der Waals surface area contributed by atoms with E-state index in [0.717, 1.165) is 12.0 Å². The molecule has 108 valence electrons. The Morgan fingerprint density at radius 2 is 2.25 bits per heavy atom. The quantitative estimate of drug-likeness (QED) is 0.833. The van der Waals surface area contributed by atoms with E-state index in [1.54, 1.807) is 13.3 Å². The lowest BCUT2D eigenvalue weighted by atomic mass is 10.2. The van der Waals surface area contributed by atoms with Crippen LogP contribution in [0.2, 0.25) is 0 Å². The lowest BCUT2D eigenvalue weighted by molar-refractivity contribution is 0.354. The number of nitrogens with one attached hydrogen (secondary N) is 1. The minimum Gasteiger partial charge on any atom is -0.481 e. The molecule has 0 aliphatic carbocycles. The van der Waals surface area contributed by atoms with E-state index in [1.165, 1.54) is 0 Å². The van der Waals surface area contributed by atoms with Crippen LogP contribution in [0.4, 0.5) is 0 Å². The fourth-order valence-corrected chi connectivity index (χ4v) is 1.66. The van der Waals surface area contributed by atoms with Gasteiger partial charge in [0.2, 0.25) is 11.8 Å². The third-order valence-electron chi connectivity index (χ3n) is 3.09. The van der Waals surface area contributed by atoms with Crippen LogP contribution in [0.3, 0.4) is 0 Å². The van der Waals surface area contributed by atoms with Gasteiger partial charge in [0.25, 0.3) is 0 Å². The summed E-state index contributed by atoms with van der Waals surface area (Å²) in [6.45, 7) is 4.86. The molecule has 1 N–H and O–H groups in total. The van der Waals surface area contributed by atoms with Gasteiger partial charge in [0.1, 0.15) is 0 Å². The summed E-state index contributed by atoms with van der Waals surface area (Å²) in [7, 11) is 1.60. The maximum atomic E-state index is 5.21. The predicted octanol–water partition coefficient (Wildman–Crippen LogP) is 1.95. The number of pyridine rings is 1. The van der Waals surface area contributed by atoms with Gasteiger partial charge in [-0.05, 0) is 18.9 Å². The first-order valence-corrected chi connectivity index (χ1v) is 6.75. The molecule has 0 spiro atoms. The van der Waals surface area contributed by atoms with Gasteiger partial charge >= 0.3 is 0 Å². The lowest BCUT2D eigenvalue weighted by Crippen LogP contribution is -2.24. The second-order valence-corrected chi connectivity index (χ2v) is 4.68. The smallest absolute Gasteiger partial charge is 0.240 e. The number of hydrogen-bond acceptors (Lipinski definition) is 6. The Morgan fingerprint density at radius 1 is 1.40 bits per heavy atom. The van der Waals surface area contributed by atoms with Gasteiger partial charge in [-0.2, -0.15) is 4.98 Å². The number of hydrogen-bond donors (Lipinski definition) is 1. The monoisotopic (exact) mass is 276 g/mol. The van der Waals surface area contributed by atoms with E-state index < -0.39 is 0 Å². The van der Waals surface area contributed by atoms with Gasteiger partial charge in [-0.15, -0.1) is 0 Å². The van der Waals surface area contributed by atoms with Crippen molar-refractivity contribution in [3.63, 3.8) is 0 Å². The number of ether oxygens (including phenoxy) is 1. The van der Waals surface area contributed by atoms with E-state index in [0.29, 0.717) is 36.6 Å². The summed E-state index contributed by atoms with van der Waals surface area (Å²) in [5.41, 5.74) is 1.02. The highest BCUT2D eigenvalue weighted by atomic mass is 16.5.